The van der Waals surface area contributed by atoms with E-state index in [1.165, 1.54) is 6.42 Å². The van der Waals surface area contributed by atoms with Crippen LogP contribution < -0.4 is 9.47 Å². The first-order valence-corrected chi connectivity index (χ1v) is 12.2. The molecule has 2 aromatic carbocycles. The van der Waals surface area contributed by atoms with Crippen molar-refractivity contribution in [2.75, 3.05) is 14.2 Å². The Labute approximate surface area is 202 Å². The van der Waals surface area contributed by atoms with Gasteiger partial charge in [-0.1, -0.05) is 39.3 Å². The Balaban J connectivity index is 1.57. The van der Waals surface area contributed by atoms with Gasteiger partial charge in [-0.3, -0.25) is 4.79 Å². The van der Waals surface area contributed by atoms with E-state index in [4.69, 9.17) is 14.2 Å². The summed E-state index contributed by atoms with van der Waals surface area (Å²) in [5.74, 6) is 3.07. The third-order valence-electron chi connectivity index (χ3n) is 7.21. The van der Waals surface area contributed by atoms with E-state index in [-0.39, 0.29) is 18.1 Å². The van der Waals surface area contributed by atoms with E-state index < -0.39 is 6.10 Å². The fraction of sp³-hybridized carbons (Fsp3) is 0.500. The third kappa shape index (κ3) is 5.12. The molecule has 1 amide bonds. The van der Waals surface area contributed by atoms with Crippen molar-refractivity contribution < 1.29 is 19.0 Å². The van der Waals surface area contributed by atoms with E-state index in [0.29, 0.717) is 17.8 Å². The van der Waals surface area contributed by atoms with Gasteiger partial charge in [0.25, 0.3) is 5.91 Å². The maximum Gasteiger partial charge on any atom is 0.275 e. The van der Waals surface area contributed by atoms with Crippen molar-refractivity contribution in [1.29, 1.82) is 0 Å². The Kier molecular flexibility index (Phi) is 7.57. The van der Waals surface area contributed by atoms with Gasteiger partial charge in [0.15, 0.2) is 6.10 Å². The van der Waals surface area contributed by atoms with Gasteiger partial charge in [-0.15, -0.1) is 0 Å². The maximum absolute atomic E-state index is 13.3. The van der Waals surface area contributed by atoms with Gasteiger partial charge < -0.3 is 14.2 Å². The number of ether oxygens (including phenoxy) is 3. The fourth-order valence-electron chi connectivity index (χ4n) is 5.11. The number of hydrogen-bond donors (Lipinski definition) is 0. The van der Waals surface area contributed by atoms with Crippen LogP contribution in [0.2, 0.25) is 0 Å². The summed E-state index contributed by atoms with van der Waals surface area (Å²) >= 11 is 0. The lowest BCUT2D eigenvalue weighted by Gasteiger charge is -2.47. The largest absolute Gasteiger partial charge is 0.497 e. The van der Waals surface area contributed by atoms with E-state index in [2.05, 4.69) is 25.9 Å². The van der Waals surface area contributed by atoms with Crippen LogP contribution in [-0.4, -0.2) is 43.6 Å². The van der Waals surface area contributed by atoms with Crippen LogP contribution in [0.5, 0.6) is 11.5 Å². The molecule has 34 heavy (non-hydrogen) atoms. The highest BCUT2D eigenvalue weighted by atomic mass is 16.5. The minimum absolute atomic E-state index is 0.0890. The van der Waals surface area contributed by atoms with Gasteiger partial charge in [0.05, 0.1) is 26.5 Å². The zero-order chi connectivity index (χ0) is 24.2. The Morgan fingerprint density at radius 2 is 1.59 bits per heavy atom. The van der Waals surface area contributed by atoms with Gasteiger partial charge in [0.1, 0.15) is 17.5 Å². The third-order valence-corrected chi connectivity index (χ3v) is 7.21. The molecular weight excluding hydrogens is 428 g/mol. The van der Waals surface area contributed by atoms with E-state index in [9.17, 15) is 4.79 Å². The van der Waals surface area contributed by atoms with Gasteiger partial charge in [0, 0.05) is 0 Å². The minimum Gasteiger partial charge on any atom is -0.497 e. The number of carbonyl (C=O) groups is 1. The van der Waals surface area contributed by atoms with E-state index in [0.717, 1.165) is 35.5 Å². The molecule has 6 heteroatoms. The van der Waals surface area contributed by atoms with Crippen LogP contribution in [0.3, 0.4) is 0 Å². The van der Waals surface area contributed by atoms with E-state index in [1.807, 2.05) is 48.5 Å². The lowest BCUT2D eigenvalue weighted by atomic mass is 9.75. The molecule has 0 spiro atoms. The molecule has 2 unspecified atom stereocenters. The normalized spacial score (nSPS) is 27.2. The molecule has 0 N–H and O–H groups in total. The summed E-state index contributed by atoms with van der Waals surface area (Å²) in [6.07, 6.45) is 4.64. The highest BCUT2D eigenvalue weighted by molar-refractivity contribution is 5.90. The molecule has 2 aliphatic rings. The first kappa shape index (κ1) is 24.3. The molecule has 0 radical (unpaired) electrons. The zero-order valence-corrected chi connectivity index (χ0v) is 20.8. The molecule has 6 nitrogen and oxygen atoms in total. The zero-order valence-electron chi connectivity index (χ0n) is 20.8. The summed E-state index contributed by atoms with van der Waals surface area (Å²) in [6.45, 7) is 6.79. The monoisotopic (exact) mass is 464 g/mol. The number of amides is 1. The van der Waals surface area contributed by atoms with Crippen molar-refractivity contribution in [3.05, 3.63) is 59.7 Å². The second kappa shape index (κ2) is 10.6. The predicted octanol–water partition coefficient (Wildman–Crippen LogP) is 5.47. The SMILES string of the molecule is COc1ccc(/C=N/N2C(=O)C(O[C@@H]3C[C@H](C)CC[C@H]3C(C)C)C2c2ccc(OC)cc2)cc1. The topological polar surface area (TPSA) is 60.4 Å². The van der Waals surface area contributed by atoms with Crippen molar-refractivity contribution in [2.45, 2.75) is 58.3 Å². The molecular formula is C28H36N2O4. The number of β-lactam (4-membered cyclic amide) rings is 1. The summed E-state index contributed by atoms with van der Waals surface area (Å²) in [6, 6.07) is 15.1. The highest BCUT2D eigenvalue weighted by Crippen LogP contribution is 2.42. The summed E-state index contributed by atoms with van der Waals surface area (Å²) in [5.41, 5.74) is 1.88. The summed E-state index contributed by atoms with van der Waals surface area (Å²) in [4.78, 5) is 13.3. The van der Waals surface area contributed by atoms with Gasteiger partial charge >= 0.3 is 0 Å². The lowest BCUT2D eigenvalue weighted by molar-refractivity contribution is -0.191. The van der Waals surface area contributed by atoms with Crippen LogP contribution in [0, 0.1) is 17.8 Å². The quantitative estimate of drug-likeness (QED) is 0.384. The van der Waals surface area contributed by atoms with E-state index >= 15 is 0 Å². The molecule has 5 atom stereocenters. The smallest absolute Gasteiger partial charge is 0.275 e. The van der Waals surface area contributed by atoms with Crippen molar-refractivity contribution in [3.63, 3.8) is 0 Å². The number of carbonyl (C=O) groups excluding carboxylic acids is 1. The minimum atomic E-state index is -0.530. The molecule has 182 valence electrons. The Hall–Kier alpha value is -2.86. The second-order valence-corrected chi connectivity index (χ2v) is 9.84. The molecule has 2 aromatic rings. The molecule has 2 fully saturated rings. The number of benzene rings is 2. The molecule has 4 rings (SSSR count). The predicted molar refractivity (Wildman–Crippen MR) is 133 cm³/mol. The summed E-state index contributed by atoms with van der Waals surface area (Å²) < 4.78 is 17.2. The molecule has 1 aliphatic carbocycles. The standard InChI is InChI=1S/C28H36N2O4/c1-18(2)24-15-6-19(3)16-25(24)34-27-26(21-9-13-23(33-5)14-10-21)30(28(27)31)29-17-20-7-11-22(32-4)12-8-20/h7-14,17-19,24-27H,6,15-16H2,1-5H3/b29-17+/t19-,24+,25-,26?,27?/m1/s1. The average molecular weight is 465 g/mol. The van der Waals surface area contributed by atoms with Crippen LogP contribution in [0.25, 0.3) is 0 Å². The Morgan fingerprint density at radius 3 is 2.18 bits per heavy atom. The van der Waals surface area contributed by atoms with Crippen molar-refractivity contribution >= 4 is 12.1 Å². The van der Waals surface area contributed by atoms with Crippen LogP contribution in [0.15, 0.2) is 53.6 Å². The molecule has 1 heterocycles. The van der Waals surface area contributed by atoms with Gasteiger partial charge in [-0.05, 0) is 78.1 Å². The lowest BCUT2D eigenvalue weighted by Crippen LogP contribution is -2.59. The van der Waals surface area contributed by atoms with Crippen LogP contribution in [-0.2, 0) is 9.53 Å². The number of nitrogens with zero attached hydrogens (tertiary/aromatic N) is 2. The first-order valence-electron chi connectivity index (χ1n) is 12.2. The summed E-state index contributed by atoms with van der Waals surface area (Å²) in [5, 5.41) is 6.10. The molecule has 1 aliphatic heterocycles. The van der Waals surface area contributed by atoms with Crippen molar-refractivity contribution in [3.8, 4) is 11.5 Å². The number of hydrogen-bond acceptors (Lipinski definition) is 5. The number of rotatable bonds is 8. The van der Waals surface area contributed by atoms with Crippen LogP contribution in [0.4, 0.5) is 0 Å². The number of methoxy groups -OCH3 is 2. The van der Waals surface area contributed by atoms with Crippen LogP contribution in [0.1, 0.15) is 57.2 Å². The van der Waals surface area contributed by atoms with Gasteiger partial charge in [0.2, 0.25) is 0 Å². The first-order chi connectivity index (χ1) is 16.4. The highest BCUT2D eigenvalue weighted by Gasteiger charge is 2.51. The van der Waals surface area contributed by atoms with Gasteiger partial charge in [-0.2, -0.15) is 5.10 Å². The second-order valence-electron chi connectivity index (χ2n) is 9.84. The Morgan fingerprint density at radius 1 is 0.971 bits per heavy atom. The molecule has 0 aromatic heterocycles. The van der Waals surface area contributed by atoms with Crippen molar-refractivity contribution in [2.24, 2.45) is 22.9 Å². The molecule has 0 bridgehead atoms. The van der Waals surface area contributed by atoms with E-state index in [1.54, 1.807) is 25.4 Å². The van der Waals surface area contributed by atoms with Gasteiger partial charge in [-0.25, -0.2) is 5.01 Å². The fourth-order valence-corrected chi connectivity index (χ4v) is 5.11. The average Bonchev–Trinajstić information content (AvgIpc) is 2.85. The van der Waals surface area contributed by atoms with Crippen LogP contribution >= 0.6 is 0 Å². The van der Waals surface area contributed by atoms with Crippen molar-refractivity contribution in [1.82, 2.24) is 5.01 Å². The maximum atomic E-state index is 13.3. The Bertz CT molecular complexity index is 986. The molecule has 1 saturated carbocycles. The summed E-state index contributed by atoms with van der Waals surface area (Å²) in [7, 11) is 3.29. The number of hydrazone groups is 1. The molecule has 1 saturated heterocycles.